The zero-order chi connectivity index (χ0) is 10.1. The predicted octanol–water partition coefficient (Wildman–Crippen LogP) is 4.11. The van der Waals surface area contributed by atoms with Gasteiger partial charge in [-0.05, 0) is 12.8 Å². The van der Waals surface area contributed by atoms with E-state index in [4.69, 9.17) is 0 Å². The van der Waals surface area contributed by atoms with Gasteiger partial charge in [-0.3, -0.25) is 0 Å². The SMILES string of the molecule is CC1=C(C(C)C)C(C)(C)C=CC=C1. The van der Waals surface area contributed by atoms with E-state index in [2.05, 4.69) is 58.9 Å². The maximum absolute atomic E-state index is 2.29. The molecule has 0 fully saturated rings. The van der Waals surface area contributed by atoms with Crippen molar-refractivity contribution in [1.82, 2.24) is 0 Å². The molecule has 0 nitrogen and oxygen atoms in total. The average molecular weight is 176 g/mol. The highest BCUT2D eigenvalue weighted by Crippen LogP contribution is 2.37. The molecule has 0 saturated carbocycles. The number of hydrogen-bond acceptors (Lipinski definition) is 0. The Balaban J connectivity index is 3.21. The lowest BCUT2D eigenvalue weighted by atomic mass is 9.76. The van der Waals surface area contributed by atoms with Crippen molar-refractivity contribution in [3.63, 3.8) is 0 Å². The molecule has 0 bridgehead atoms. The summed E-state index contributed by atoms with van der Waals surface area (Å²) >= 11 is 0. The van der Waals surface area contributed by atoms with E-state index in [-0.39, 0.29) is 5.41 Å². The Hall–Kier alpha value is -0.780. The van der Waals surface area contributed by atoms with Crippen LogP contribution in [0.15, 0.2) is 35.5 Å². The highest BCUT2D eigenvalue weighted by molar-refractivity contribution is 5.37. The normalized spacial score (nSPS) is 21.1. The van der Waals surface area contributed by atoms with Gasteiger partial charge in [0.05, 0.1) is 0 Å². The van der Waals surface area contributed by atoms with Crippen LogP contribution in [0.1, 0.15) is 34.6 Å². The van der Waals surface area contributed by atoms with Crippen molar-refractivity contribution >= 4 is 0 Å². The fourth-order valence-corrected chi connectivity index (χ4v) is 2.38. The molecule has 0 amide bonds. The molecule has 0 aromatic rings. The van der Waals surface area contributed by atoms with Gasteiger partial charge < -0.3 is 0 Å². The summed E-state index contributed by atoms with van der Waals surface area (Å²) in [6.07, 6.45) is 8.78. The fourth-order valence-electron chi connectivity index (χ4n) is 2.38. The number of rotatable bonds is 1. The number of hydrogen-bond donors (Lipinski definition) is 0. The Morgan fingerprint density at radius 2 is 1.77 bits per heavy atom. The lowest BCUT2D eigenvalue weighted by molar-refractivity contribution is 0.501. The van der Waals surface area contributed by atoms with Crippen LogP contribution in [0.2, 0.25) is 0 Å². The standard InChI is InChI=1S/C13H20/c1-10(2)12-11(3)8-6-7-9-13(12,4)5/h6-10H,1-5H3. The minimum Gasteiger partial charge on any atom is -0.0748 e. The summed E-state index contributed by atoms with van der Waals surface area (Å²) in [5.74, 6) is 0.627. The van der Waals surface area contributed by atoms with E-state index in [0.717, 1.165) is 0 Å². The van der Waals surface area contributed by atoms with Gasteiger partial charge in [-0.2, -0.15) is 0 Å². The van der Waals surface area contributed by atoms with Gasteiger partial charge >= 0.3 is 0 Å². The third kappa shape index (κ3) is 2.12. The van der Waals surface area contributed by atoms with E-state index < -0.39 is 0 Å². The Labute approximate surface area is 82.0 Å². The van der Waals surface area contributed by atoms with Crippen LogP contribution in [0.3, 0.4) is 0 Å². The number of allylic oxidation sites excluding steroid dienone is 6. The molecule has 0 N–H and O–H groups in total. The molecule has 0 saturated heterocycles. The minimum absolute atomic E-state index is 0.210. The Bertz CT molecular complexity index is 272. The second-order valence-corrected chi connectivity index (χ2v) is 4.69. The van der Waals surface area contributed by atoms with E-state index in [0.29, 0.717) is 5.92 Å². The van der Waals surface area contributed by atoms with Crippen molar-refractivity contribution < 1.29 is 0 Å². The van der Waals surface area contributed by atoms with Crippen LogP contribution in [0, 0.1) is 11.3 Å². The summed E-state index contributed by atoms with van der Waals surface area (Å²) in [7, 11) is 0. The van der Waals surface area contributed by atoms with Crippen LogP contribution < -0.4 is 0 Å². The minimum atomic E-state index is 0.210. The summed E-state index contributed by atoms with van der Waals surface area (Å²) < 4.78 is 0. The van der Waals surface area contributed by atoms with Gasteiger partial charge in [0, 0.05) is 5.41 Å². The highest BCUT2D eigenvalue weighted by atomic mass is 14.3. The van der Waals surface area contributed by atoms with E-state index >= 15 is 0 Å². The van der Waals surface area contributed by atoms with E-state index in [9.17, 15) is 0 Å². The molecule has 0 aliphatic heterocycles. The lowest BCUT2D eigenvalue weighted by Gasteiger charge is -2.28. The van der Waals surface area contributed by atoms with E-state index in [1.807, 2.05) is 0 Å². The molecule has 13 heavy (non-hydrogen) atoms. The zero-order valence-electron chi connectivity index (χ0n) is 9.39. The molecule has 0 aromatic heterocycles. The van der Waals surface area contributed by atoms with Crippen molar-refractivity contribution in [1.29, 1.82) is 0 Å². The van der Waals surface area contributed by atoms with Crippen LogP contribution in [0.5, 0.6) is 0 Å². The van der Waals surface area contributed by atoms with Gasteiger partial charge in [-0.15, -0.1) is 0 Å². The van der Waals surface area contributed by atoms with Gasteiger partial charge in [0.2, 0.25) is 0 Å². The first-order valence-electron chi connectivity index (χ1n) is 5.02. The van der Waals surface area contributed by atoms with E-state index in [1.54, 1.807) is 5.57 Å². The Kier molecular flexibility index (Phi) is 2.80. The van der Waals surface area contributed by atoms with Gasteiger partial charge in [-0.1, -0.05) is 63.1 Å². The molecule has 1 rings (SSSR count). The van der Waals surface area contributed by atoms with E-state index in [1.165, 1.54) is 5.57 Å². The van der Waals surface area contributed by atoms with Crippen molar-refractivity contribution in [2.45, 2.75) is 34.6 Å². The molecule has 0 unspecified atom stereocenters. The molecule has 0 atom stereocenters. The molecular weight excluding hydrogens is 156 g/mol. The quantitative estimate of drug-likeness (QED) is 0.564. The Morgan fingerprint density at radius 1 is 1.15 bits per heavy atom. The van der Waals surface area contributed by atoms with Gasteiger partial charge in [-0.25, -0.2) is 0 Å². The average Bonchev–Trinajstić information content (AvgIpc) is 2.07. The van der Waals surface area contributed by atoms with Gasteiger partial charge in [0.1, 0.15) is 0 Å². The molecule has 0 spiro atoms. The molecule has 0 heterocycles. The summed E-state index contributed by atoms with van der Waals surface area (Å²) in [5.41, 5.74) is 3.18. The largest absolute Gasteiger partial charge is 0.0748 e. The highest BCUT2D eigenvalue weighted by Gasteiger charge is 2.24. The maximum Gasteiger partial charge on any atom is 0.00456 e. The van der Waals surface area contributed by atoms with Crippen LogP contribution in [-0.4, -0.2) is 0 Å². The molecule has 0 heteroatoms. The third-order valence-corrected chi connectivity index (χ3v) is 2.67. The Morgan fingerprint density at radius 3 is 2.31 bits per heavy atom. The van der Waals surface area contributed by atoms with Gasteiger partial charge in [0.25, 0.3) is 0 Å². The molecule has 0 radical (unpaired) electrons. The molecular formula is C13H20. The van der Waals surface area contributed by atoms with Crippen molar-refractivity contribution in [3.8, 4) is 0 Å². The first-order valence-corrected chi connectivity index (χ1v) is 5.02. The summed E-state index contributed by atoms with van der Waals surface area (Å²) in [6, 6.07) is 0. The topological polar surface area (TPSA) is 0 Å². The molecule has 1 aliphatic carbocycles. The van der Waals surface area contributed by atoms with Gasteiger partial charge in [0.15, 0.2) is 0 Å². The third-order valence-electron chi connectivity index (χ3n) is 2.67. The van der Waals surface area contributed by atoms with Crippen LogP contribution >= 0.6 is 0 Å². The van der Waals surface area contributed by atoms with Crippen molar-refractivity contribution in [2.24, 2.45) is 11.3 Å². The smallest absolute Gasteiger partial charge is 0.00456 e. The van der Waals surface area contributed by atoms with Crippen molar-refractivity contribution in [3.05, 3.63) is 35.5 Å². The maximum atomic E-state index is 2.29. The first-order chi connectivity index (χ1) is 5.95. The summed E-state index contributed by atoms with van der Waals surface area (Å²) in [4.78, 5) is 0. The van der Waals surface area contributed by atoms with Crippen LogP contribution in [0.25, 0.3) is 0 Å². The lowest BCUT2D eigenvalue weighted by Crippen LogP contribution is -2.17. The van der Waals surface area contributed by atoms with Crippen molar-refractivity contribution in [2.75, 3.05) is 0 Å². The van der Waals surface area contributed by atoms with Crippen LogP contribution in [-0.2, 0) is 0 Å². The first kappa shape index (κ1) is 10.3. The summed E-state index contributed by atoms with van der Waals surface area (Å²) in [5, 5.41) is 0. The second kappa shape index (κ2) is 3.53. The second-order valence-electron chi connectivity index (χ2n) is 4.69. The zero-order valence-corrected chi connectivity index (χ0v) is 9.39. The molecule has 0 aromatic carbocycles. The molecule has 1 aliphatic rings. The monoisotopic (exact) mass is 176 g/mol. The van der Waals surface area contributed by atoms with Crippen LogP contribution in [0.4, 0.5) is 0 Å². The summed E-state index contributed by atoms with van der Waals surface area (Å²) in [6.45, 7) is 11.3. The fraction of sp³-hybridized carbons (Fsp3) is 0.538. The predicted molar refractivity (Wildman–Crippen MR) is 59.6 cm³/mol. The molecule has 72 valence electrons.